The van der Waals surface area contributed by atoms with Gasteiger partial charge in [0.1, 0.15) is 0 Å². The van der Waals surface area contributed by atoms with Gasteiger partial charge in [0, 0.05) is 30.9 Å². The Hall–Kier alpha value is -2.82. The summed E-state index contributed by atoms with van der Waals surface area (Å²) in [6.07, 6.45) is 4.98. The van der Waals surface area contributed by atoms with Crippen LogP contribution in [0.1, 0.15) is 52.7 Å². The summed E-state index contributed by atoms with van der Waals surface area (Å²) in [5.41, 5.74) is 4.95. The Kier molecular flexibility index (Phi) is 5.33. The number of aryl methyl sites for hydroxylation is 1. The normalized spacial score (nSPS) is 16.1. The van der Waals surface area contributed by atoms with Crippen molar-refractivity contribution in [1.29, 1.82) is 0 Å². The molecular formula is C23H27N3O2. The lowest BCUT2D eigenvalue weighted by molar-refractivity contribution is 0.0947. The van der Waals surface area contributed by atoms with E-state index >= 15 is 0 Å². The van der Waals surface area contributed by atoms with Gasteiger partial charge in [-0.05, 0) is 61.1 Å². The monoisotopic (exact) mass is 377 g/mol. The molecule has 0 unspecified atom stereocenters. The lowest BCUT2D eigenvalue weighted by Crippen LogP contribution is -2.30. The molecule has 4 rings (SSSR count). The van der Waals surface area contributed by atoms with Crippen LogP contribution in [0, 0.1) is 12.8 Å². The van der Waals surface area contributed by atoms with E-state index in [0.717, 1.165) is 6.54 Å². The first-order chi connectivity index (χ1) is 13.6. The molecule has 0 spiro atoms. The van der Waals surface area contributed by atoms with E-state index in [1.54, 1.807) is 29.2 Å². The van der Waals surface area contributed by atoms with Gasteiger partial charge in [-0.15, -0.1) is 0 Å². The van der Waals surface area contributed by atoms with E-state index in [2.05, 4.69) is 35.8 Å². The minimum absolute atomic E-state index is 0.0462. The maximum atomic E-state index is 12.6. The number of anilines is 1. The molecule has 1 aliphatic heterocycles. The molecule has 1 heterocycles. The van der Waals surface area contributed by atoms with Crippen molar-refractivity contribution in [3.8, 4) is 0 Å². The van der Waals surface area contributed by atoms with E-state index in [-0.39, 0.29) is 11.9 Å². The van der Waals surface area contributed by atoms with Crippen molar-refractivity contribution in [2.75, 3.05) is 11.9 Å². The van der Waals surface area contributed by atoms with Crippen LogP contribution in [0.15, 0.2) is 42.5 Å². The van der Waals surface area contributed by atoms with Crippen molar-refractivity contribution in [1.82, 2.24) is 10.2 Å². The summed E-state index contributed by atoms with van der Waals surface area (Å²) in [5.74, 6) is 0.575. The van der Waals surface area contributed by atoms with Gasteiger partial charge in [-0.25, -0.2) is 4.79 Å². The Morgan fingerprint density at radius 3 is 2.46 bits per heavy atom. The smallest absolute Gasteiger partial charge is 0.322 e. The average Bonchev–Trinajstić information content (AvgIpc) is 3.36. The van der Waals surface area contributed by atoms with Gasteiger partial charge in [0.25, 0.3) is 5.91 Å². The number of carbonyl (C=O) groups is 2. The third kappa shape index (κ3) is 4.19. The third-order valence-corrected chi connectivity index (χ3v) is 5.80. The summed E-state index contributed by atoms with van der Waals surface area (Å²) >= 11 is 0. The van der Waals surface area contributed by atoms with Crippen molar-refractivity contribution in [3.63, 3.8) is 0 Å². The molecule has 146 valence electrons. The van der Waals surface area contributed by atoms with Gasteiger partial charge in [-0.1, -0.05) is 36.6 Å². The minimum Gasteiger partial charge on any atom is -0.352 e. The van der Waals surface area contributed by atoms with Gasteiger partial charge in [0.2, 0.25) is 0 Å². The first-order valence-electron chi connectivity index (χ1n) is 10.1. The van der Waals surface area contributed by atoms with Crippen molar-refractivity contribution >= 4 is 17.6 Å². The maximum Gasteiger partial charge on any atom is 0.322 e. The number of hydrogen-bond donors (Lipinski definition) is 2. The SMILES string of the molecule is Cc1ccc2c(c1)CN(C(=O)Nc1ccc(C(=O)NCC3CCCC3)cc1)C2. The van der Waals surface area contributed by atoms with Crippen molar-refractivity contribution in [3.05, 3.63) is 64.7 Å². The fourth-order valence-corrected chi connectivity index (χ4v) is 4.13. The molecular weight excluding hydrogens is 350 g/mol. The predicted molar refractivity (Wildman–Crippen MR) is 110 cm³/mol. The predicted octanol–water partition coefficient (Wildman–Crippen LogP) is 4.46. The molecule has 0 radical (unpaired) electrons. The number of nitrogens with one attached hydrogen (secondary N) is 2. The Balaban J connectivity index is 1.30. The van der Waals surface area contributed by atoms with E-state index in [4.69, 9.17) is 0 Å². The van der Waals surface area contributed by atoms with Gasteiger partial charge < -0.3 is 15.5 Å². The molecule has 0 saturated heterocycles. The van der Waals surface area contributed by atoms with Crippen LogP contribution in [0.3, 0.4) is 0 Å². The van der Waals surface area contributed by atoms with Crippen molar-refractivity contribution in [2.24, 2.45) is 5.92 Å². The fourth-order valence-electron chi connectivity index (χ4n) is 4.13. The summed E-state index contributed by atoms with van der Waals surface area (Å²) in [6.45, 7) is 4.08. The molecule has 0 aromatic heterocycles. The highest BCUT2D eigenvalue weighted by atomic mass is 16.2. The second-order valence-electron chi connectivity index (χ2n) is 8.00. The highest BCUT2D eigenvalue weighted by molar-refractivity contribution is 5.95. The molecule has 0 atom stereocenters. The lowest BCUT2D eigenvalue weighted by atomic mass is 10.1. The van der Waals surface area contributed by atoms with Crippen molar-refractivity contribution in [2.45, 2.75) is 45.7 Å². The minimum atomic E-state index is -0.118. The highest BCUT2D eigenvalue weighted by Gasteiger charge is 2.23. The molecule has 1 saturated carbocycles. The van der Waals surface area contributed by atoms with Gasteiger partial charge in [0.05, 0.1) is 0 Å². The number of fused-ring (bicyclic) bond motifs is 1. The van der Waals surface area contributed by atoms with Gasteiger partial charge >= 0.3 is 6.03 Å². The van der Waals surface area contributed by atoms with Crippen LogP contribution in [-0.4, -0.2) is 23.4 Å². The van der Waals surface area contributed by atoms with Gasteiger partial charge in [-0.3, -0.25) is 4.79 Å². The third-order valence-electron chi connectivity index (χ3n) is 5.80. The zero-order chi connectivity index (χ0) is 19.5. The van der Waals surface area contributed by atoms with Gasteiger partial charge in [0.15, 0.2) is 0 Å². The first-order valence-corrected chi connectivity index (χ1v) is 10.1. The molecule has 5 heteroatoms. The molecule has 2 N–H and O–H groups in total. The Labute approximate surface area is 166 Å². The number of amides is 3. The molecule has 28 heavy (non-hydrogen) atoms. The number of urea groups is 1. The molecule has 2 aromatic carbocycles. The van der Waals surface area contributed by atoms with Crippen LogP contribution < -0.4 is 10.6 Å². The molecule has 2 aromatic rings. The van der Waals surface area contributed by atoms with E-state index in [9.17, 15) is 9.59 Å². The number of benzene rings is 2. The zero-order valence-electron chi connectivity index (χ0n) is 16.3. The summed E-state index contributed by atoms with van der Waals surface area (Å²) in [4.78, 5) is 26.7. The van der Waals surface area contributed by atoms with Crippen LogP contribution in [0.5, 0.6) is 0 Å². The van der Waals surface area contributed by atoms with Crippen LogP contribution in [0.2, 0.25) is 0 Å². The average molecular weight is 377 g/mol. The molecule has 0 bridgehead atoms. The first kappa shape index (κ1) is 18.5. The largest absolute Gasteiger partial charge is 0.352 e. The second-order valence-corrected chi connectivity index (χ2v) is 8.00. The zero-order valence-corrected chi connectivity index (χ0v) is 16.3. The second kappa shape index (κ2) is 8.05. The summed E-state index contributed by atoms with van der Waals surface area (Å²) < 4.78 is 0. The molecule has 2 aliphatic rings. The van der Waals surface area contributed by atoms with Crippen molar-refractivity contribution < 1.29 is 9.59 Å². The summed E-state index contributed by atoms with van der Waals surface area (Å²) in [6, 6.07) is 13.3. The Morgan fingerprint density at radius 2 is 1.71 bits per heavy atom. The van der Waals surface area contributed by atoms with Crippen LogP contribution >= 0.6 is 0 Å². The van der Waals surface area contributed by atoms with Crippen LogP contribution in [-0.2, 0) is 13.1 Å². The van der Waals surface area contributed by atoms with E-state index in [0.29, 0.717) is 30.3 Å². The van der Waals surface area contributed by atoms with Crippen LogP contribution in [0.25, 0.3) is 0 Å². The maximum absolute atomic E-state index is 12.6. The van der Waals surface area contributed by atoms with Gasteiger partial charge in [-0.2, -0.15) is 0 Å². The van der Waals surface area contributed by atoms with E-state index in [1.165, 1.54) is 42.4 Å². The quantitative estimate of drug-likeness (QED) is 0.826. The molecule has 1 fully saturated rings. The van der Waals surface area contributed by atoms with Crippen LogP contribution in [0.4, 0.5) is 10.5 Å². The summed E-state index contributed by atoms with van der Waals surface area (Å²) in [5, 5.41) is 5.96. The number of rotatable bonds is 4. The lowest BCUT2D eigenvalue weighted by Gasteiger charge is -2.16. The number of hydrogen-bond acceptors (Lipinski definition) is 2. The van der Waals surface area contributed by atoms with E-state index in [1.807, 2.05) is 0 Å². The molecule has 1 aliphatic carbocycles. The number of nitrogens with zero attached hydrogens (tertiary/aromatic N) is 1. The van der Waals surface area contributed by atoms with E-state index < -0.39 is 0 Å². The standard InChI is InChI=1S/C23H27N3O2/c1-16-6-7-19-14-26(15-20(19)12-16)23(28)25-21-10-8-18(9-11-21)22(27)24-13-17-4-2-3-5-17/h6-12,17H,2-5,13-15H2,1H3,(H,24,27)(H,25,28). The summed E-state index contributed by atoms with van der Waals surface area (Å²) in [7, 11) is 0. The Morgan fingerprint density at radius 1 is 1.00 bits per heavy atom. The fraction of sp³-hybridized carbons (Fsp3) is 0.391. The molecule has 3 amide bonds. The molecule has 5 nitrogen and oxygen atoms in total. The topological polar surface area (TPSA) is 61.4 Å². The Bertz CT molecular complexity index is 870. The highest BCUT2D eigenvalue weighted by Crippen LogP contribution is 2.25. The number of carbonyl (C=O) groups excluding carboxylic acids is 2.